The molecule has 106 valence electrons. The average molecular weight is 445 g/mol. The molecule has 4 heteroatoms. The van der Waals surface area contributed by atoms with Crippen LogP contribution in [0.2, 0.25) is 0 Å². The highest BCUT2D eigenvalue weighted by molar-refractivity contribution is 14.1. The van der Waals surface area contributed by atoms with Gasteiger partial charge in [0.2, 0.25) is 0 Å². The topological polar surface area (TPSA) is 24.9 Å². The van der Waals surface area contributed by atoms with E-state index in [4.69, 9.17) is 0 Å². The summed E-state index contributed by atoms with van der Waals surface area (Å²) >= 11 is 5.94. The minimum atomic E-state index is 0.277. The van der Waals surface area contributed by atoms with Crippen LogP contribution >= 0.6 is 38.5 Å². The van der Waals surface area contributed by atoms with Crippen LogP contribution in [0, 0.1) is 3.57 Å². The molecule has 0 aliphatic rings. The van der Waals surface area contributed by atoms with Gasteiger partial charge in [-0.2, -0.15) is 0 Å². The van der Waals surface area contributed by atoms with Gasteiger partial charge < -0.3 is 5.32 Å². The molecule has 2 aromatic rings. The summed E-state index contributed by atoms with van der Waals surface area (Å²) in [6.07, 6.45) is 3.91. The van der Waals surface area contributed by atoms with Gasteiger partial charge in [0, 0.05) is 32.4 Å². The number of hydrogen-bond acceptors (Lipinski definition) is 2. The van der Waals surface area contributed by atoms with Gasteiger partial charge in [0.25, 0.3) is 0 Å². The fourth-order valence-electron chi connectivity index (χ4n) is 2.14. The molecule has 1 heterocycles. The summed E-state index contributed by atoms with van der Waals surface area (Å²) < 4.78 is 2.39. The quantitative estimate of drug-likeness (QED) is 0.686. The summed E-state index contributed by atoms with van der Waals surface area (Å²) in [4.78, 5) is 4.56. The molecule has 1 aromatic carbocycles. The van der Waals surface area contributed by atoms with Crippen molar-refractivity contribution in [2.45, 2.75) is 25.8 Å². The van der Waals surface area contributed by atoms with Crippen LogP contribution < -0.4 is 5.32 Å². The molecule has 1 unspecified atom stereocenters. The Morgan fingerprint density at radius 1 is 1.30 bits per heavy atom. The number of aryl methyl sites for hydroxylation is 1. The molecule has 0 bridgehead atoms. The molecule has 1 N–H and O–H groups in total. The maximum Gasteiger partial charge on any atom is 0.0422 e. The maximum absolute atomic E-state index is 4.56. The second kappa shape index (κ2) is 7.52. The Morgan fingerprint density at radius 2 is 2.10 bits per heavy atom. The Morgan fingerprint density at radius 3 is 2.70 bits per heavy atom. The number of likely N-dealkylation sites (N-methyl/N-ethyl adjacent to an activating group) is 1. The number of hydrogen-bond donors (Lipinski definition) is 1. The van der Waals surface area contributed by atoms with E-state index >= 15 is 0 Å². The molecule has 0 spiro atoms. The molecule has 2 nitrogen and oxygen atoms in total. The van der Waals surface area contributed by atoms with E-state index < -0.39 is 0 Å². The summed E-state index contributed by atoms with van der Waals surface area (Å²) in [5.41, 5.74) is 3.72. The van der Waals surface area contributed by atoms with Crippen molar-refractivity contribution >= 4 is 38.5 Å². The largest absolute Gasteiger partial charge is 0.313 e. The Labute approximate surface area is 142 Å². The Kier molecular flexibility index (Phi) is 5.99. The predicted octanol–water partition coefficient (Wildman–Crippen LogP) is 4.51. The smallest absolute Gasteiger partial charge is 0.0422 e. The number of halogens is 2. The van der Waals surface area contributed by atoms with Crippen molar-refractivity contribution in [1.82, 2.24) is 10.3 Å². The van der Waals surface area contributed by atoms with Gasteiger partial charge in [-0.3, -0.25) is 4.98 Å². The zero-order valence-electron chi connectivity index (χ0n) is 11.7. The number of aromatic nitrogens is 1. The first-order valence-corrected chi connectivity index (χ1v) is 8.57. The Hall–Kier alpha value is -0.460. The van der Waals surface area contributed by atoms with Crippen molar-refractivity contribution < 1.29 is 0 Å². The monoisotopic (exact) mass is 444 g/mol. The predicted molar refractivity (Wildman–Crippen MR) is 96.0 cm³/mol. The number of rotatable bonds is 5. The van der Waals surface area contributed by atoms with Crippen molar-refractivity contribution in [3.05, 3.63) is 61.4 Å². The van der Waals surface area contributed by atoms with Crippen molar-refractivity contribution in [2.75, 3.05) is 7.05 Å². The fourth-order valence-corrected chi connectivity index (χ4v) is 3.23. The van der Waals surface area contributed by atoms with Crippen LogP contribution in [0.5, 0.6) is 0 Å². The number of nitrogens with one attached hydrogen (secondary N) is 1. The van der Waals surface area contributed by atoms with E-state index in [0.717, 1.165) is 23.0 Å². The van der Waals surface area contributed by atoms with E-state index in [1.165, 1.54) is 14.7 Å². The molecule has 1 aromatic heterocycles. The third kappa shape index (κ3) is 4.02. The highest BCUT2D eigenvalue weighted by atomic mass is 127. The zero-order valence-corrected chi connectivity index (χ0v) is 15.4. The molecule has 2 rings (SSSR count). The second-order valence-corrected chi connectivity index (χ2v) is 6.80. The van der Waals surface area contributed by atoms with E-state index in [2.05, 4.69) is 86.1 Å². The van der Waals surface area contributed by atoms with Crippen molar-refractivity contribution in [2.24, 2.45) is 0 Å². The van der Waals surface area contributed by atoms with Gasteiger partial charge in [-0.15, -0.1) is 0 Å². The summed E-state index contributed by atoms with van der Waals surface area (Å²) in [5, 5.41) is 3.40. The number of nitrogens with zero attached hydrogens (tertiary/aromatic N) is 1. The van der Waals surface area contributed by atoms with E-state index in [-0.39, 0.29) is 6.04 Å². The van der Waals surface area contributed by atoms with Gasteiger partial charge in [-0.1, -0.05) is 28.9 Å². The Balaban J connectivity index is 2.21. The van der Waals surface area contributed by atoms with E-state index in [1.54, 1.807) is 0 Å². The minimum Gasteiger partial charge on any atom is -0.313 e. The van der Waals surface area contributed by atoms with Crippen LogP contribution in [0.25, 0.3) is 0 Å². The van der Waals surface area contributed by atoms with Gasteiger partial charge in [0.1, 0.15) is 0 Å². The van der Waals surface area contributed by atoms with Crippen LogP contribution in [0.3, 0.4) is 0 Å². The molecule has 0 saturated carbocycles. The first kappa shape index (κ1) is 15.9. The molecule has 0 radical (unpaired) electrons. The lowest BCUT2D eigenvalue weighted by atomic mass is 10.0. The fraction of sp³-hybridized carbons (Fsp3) is 0.312. The Bertz CT molecular complexity index is 569. The van der Waals surface area contributed by atoms with Crippen LogP contribution in [-0.4, -0.2) is 12.0 Å². The normalized spacial score (nSPS) is 12.4. The lowest BCUT2D eigenvalue weighted by molar-refractivity contribution is 0.581. The van der Waals surface area contributed by atoms with Gasteiger partial charge in [-0.25, -0.2) is 0 Å². The molecule has 0 amide bonds. The molecule has 0 saturated heterocycles. The molecule has 0 aliphatic carbocycles. The molecule has 0 aliphatic heterocycles. The molecule has 0 fully saturated rings. The third-order valence-corrected chi connectivity index (χ3v) is 4.87. The zero-order chi connectivity index (χ0) is 14.5. The first-order chi connectivity index (χ1) is 9.63. The van der Waals surface area contributed by atoms with Crippen LogP contribution in [0.4, 0.5) is 0 Å². The summed E-state index contributed by atoms with van der Waals surface area (Å²) in [6.45, 7) is 2.15. The average Bonchev–Trinajstić information content (AvgIpc) is 2.48. The van der Waals surface area contributed by atoms with Gasteiger partial charge in [-0.05, 0) is 71.5 Å². The third-order valence-electron chi connectivity index (χ3n) is 3.39. The SMILES string of the molecule is CCc1ccc(CC(NC)c2cc(Br)ccc2I)nc1. The number of benzene rings is 1. The van der Waals surface area contributed by atoms with Crippen molar-refractivity contribution in [3.63, 3.8) is 0 Å². The molecular weight excluding hydrogens is 427 g/mol. The van der Waals surface area contributed by atoms with E-state index in [1.807, 2.05) is 13.2 Å². The van der Waals surface area contributed by atoms with Gasteiger partial charge >= 0.3 is 0 Å². The summed E-state index contributed by atoms with van der Waals surface area (Å²) in [6, 6.07) is 11.0. The van der Waals surface area contributed by atoms with Crippen molar-refractivity contribution in [1.29, 1.82) is 0 Å². The number of pyridine rings is 1. The van der Waals surface area contributed by atoms with E-state index in [9.17, 15) is 0 Å². The van der Waals surface area contributed by atoms with Crippen molar-refractivity contribution in [3.8, 4) is 0 Å². The standard InChI is InChI=1S/C16H18BrIN2/c1-3-11-4-6-13(20-10-11)9-16(19-2)14-8-12(17)5-7-15(14)18/h4-8,10,16,19H,3,9H2,1-2H3. The first-order valence-electron chi connectivity index (χ1n) is 6.70. The lowest BCUT2D eigenvalue weighted by Crippen LogP contribution is -2.20. The lowest BCUT2D eigenvalue weighted by Gasteiger charge is -2.18. The maximum atomic E-state index is 4.56. The van der Waals surface area contributed by atoms with Crippen LogP contribution in [0.1, 0.15) is 29.8 Å². The molecular formula is C16H18BrIN2. The summed E-state index contributed by atoms with van der Waals surface area (Å²) in [7, 11) is 2.00. The molecule has 20 heavy (non-hydrogen) atoms. The van der Waals surface area contributed by atoms with E-state index in [0.29, 0.717) is 0 Å². The minimum absolute atomic E-state index is 0.277. The molecule has 1 atom stereocenters. The summed E-state index contributed by atoms with van der Waals surface area (Å²) in [5.74, 6) is 0. The second-order valence-electron chi connectivity index (χ2n) is 4.72. The van der Waals surface area contributed by atoms with Crippen LogP contribution in [0.15, 0.2) is 41.0 Å². The highest BCUT2D eigenvalue weighted by Gasteiger charge is 2.14. The van der Waals surface area contributed by atoms with Gasteiger partial charge in [0.15, 0.2) is 0 Å². The van der Waals surface area contributed by atoms with Gasteiger partial charge in [0.05, 0.1) is 0 Å². The highest BCUT2D eigenvalue weighted by Crippen LogP contribution is 2.26. The van der Waals surface area contributed by atoms with Crippen LogP contribution in [-0.2, 0) is 12.8 Å².